The third kappa shape index (κ3) is 4.43. The lowest BCUT2D eigenvalue weighted by Gasteiger charge is -2.36. The topological polar surface area (TPSA) is 41.1 Å². The van der Waals surface area contributed by atoms with E-state index in [1.54, 1.807) is 6.07 Å². The zero-order valence-corrected chi connectivity index (χ0v) is 14.0. The number of nitrogens with one attached hydrogen (secondary N) is 2. The fourth-order valence-corrected chi connectivity index (χ4v) is 3.22. The predicted octanol–water partition coefficient (Wildman–Crippen LogP) is 3.18. The molecular weight excluding hydrogens is 303 g/mol. The summed E-state index contributed by atoms with van der Waals surface area (Å²) >= 11 is 0. The number of benzene rings is 1. The second-order valence-corrected chi connectivity index (χ2v) is 5.87. The molecular formula is C17H26ClFN2O. The summed E-state index contributed by atoms with van der Waals surface area (Å²) in [5.41, 5.74) is 0.285. The maximum atomic E-state index is 13.6. The van der Waals surface area contributed by atoms with Crippen molar-refractivity contribution in [3.63, 3.8) is 0 Å². The highest BCUT2D eigenvalue weighted by molar-refractivity contribution is 5.88. The van der Waals surface area contributed by atoms with Crippen LogP contribution in [0.2, 0.25) is 0 Å². The van der Waals surface area contributed by atoms with E-state index in [9.17, 15) is 9.18 Å². The lowest BCUT2D eigenvalue weighted by Crippen LogP contribution is -2.46. The van der Waals surface area contributed by atoms with Crippen LogP contribution in [-0.4, -0.2) is 26.0 Å². The third-order valence-corrected chi connectivity index (χ3v) is 4.41. The van der Waals surface area contributed by atoms with E-state index in [2.05, 4.69) is 10.6 Å². The Morgan fingerprint density at radius 2 is 1.95 bits per heavy atom. The second-order valence-electron chi connectivity index (χ2n) is 5.87. The van der Waals surface area contributed by atoms with Crippen LogP contribution in [0.3, 0.4) is 0 Å². The van der Waals surface area contributed by atoms with Crippen LogP contribution in [0.1, 0.15) is 44.1 Å². The quantitative estimate of drug-likeness (QED) is 0.787. The Balaban J connectivity index is 0.00000242. The second kappa shape index (κ2) is 9.11. The van der Waals surface area contributed by atoms with E-state index < -0.39 is 5.41 Å². The minimum Gasteiger partial charge on any atom is -0.355 e. The van der Waals surface area contributed by atoms with Gasteiger partial charge in [-0.05, 0) is 50.6 Å². The Bertz CT molecular complexity index is 475. The zero-order valence-electron chi connectivity index (χ0n) is 13.2. The summed E-state index contributed by atoms with van der Waals surface area (Å²) in [6, 6.07) is 6.56. The molecule has 0 bridgehead atoms. The van der Waals surface area contributed by atoms with E-state index in [-0.39, 0.29) is 24.1 Å². The average Bonchev–Trinajstić information content (AvgIpc) is 2.52. The van der Waals surface area contributed by atoms with Crippen molar-refractivity contribution in [2.24, 2.45) is 0 Å². The Morgan fingerprint density at radius 1 is 1.23 bits per heavy atom. The van der Waals surface area contributed by atoms with Crippen molar-refractivity contribution in [3.8, 4) is 0 Å². The molecule has 0 atom stereocenters. The van der Waals surface area contributed by atoms with Crippen molar-refractivity contribution in [1.29, 1.82) is 0 Å². The summed E-state index contributed by atoms with van der Waals surface area (Å²) in [6.45, 7) is 1.55. The fourth-order valence-electron chi connectivity index (χ4n) is 3.22. The van der Waals surface area contributed by atoms with Crippen molar-refractivity contribution < 1.29 is 9.18 Å². The first kappa shape index (κ1) is 18.9. The first-order valence-electron chi connectivity index (χ1n) is 7.88. The van der Waals surface area contributed by atoms with Crippen molar-refractivity contribution in [2.45, 2.75) is 43.9 Å². The van der Waals surface area contributed by atoms with Gasteiger partial charge in [-0.1, -0.05) is 31.4 Å². The number of amides is 1. The van der Waals surface area contributed by atoms with Gasteiger partial charge in [0.15, 0.2) is 0 Å². The minimum atomic E-state index is -0.542. The van der Waals surface area contributed by atoms with Crippen LogP contribution < -0.4 is 10.6 Å². The van der Waals surface area contributed by atoms with Crippen LogP contribution in [-0.2, 0) is 10.2 Å². The maximum absolute atomic E-state index is 13.6. The highest BCUT2D eigenvalue weighted by Crippen LogP contribution is 2.39. The number of rotatable bonds is 6. The maximum Gasteiger partial charge on any atom is 0.230 e. The van der Waals surface area contributed by atoms with Gasteiger partial charge in [-0.15, -0.1) is 12.4 Å². The number of halogens is 2. The molecule has 1 aromatic rings. The van der Waals surface area contributed by atoms with Gasteiger partial charge < -0.3 is 10.6 Å². The highest BCUT2D eigenvalue weighted by atomic mass is 35.5. The van der Waals surface area contributed by atoms with Crippen molar-refractivity contribution >= 4 is 18.3 Å². The Labute approximate surface area is 138 Å². The molecule has 0 aromatic heterocycles. The Hall–Kier alpha value is -1.13. The molecule has 1 aromatic carbocycles. The molecule has 22 heavy (non-hydrogen) atoms. The Kier molecular flexibility index (Phi) is 7.83. The predicted molar refractivity (Wildman–Crippen MR) is 90.0 cm³/mol. The van der Waals surface area contributed by atoms with E-state index >= 15 is 0 Å². The van der Waals surface area contributed by atoms with Gasteiger partial charge in [-0.25, -0.2) is 4.39 Å². The van der Waals surface area contributed by atoms with Crippen molar-refractivity contribution in [2.75, 3.05) is 20.1 Å². The van der Waals surface area contributed by atoms with E-state index in [4.69, 9.17) is 0 Å². The van der Waals surface area contributed by atoms with Crippen molar-refractivity contribution in [1.82, 2.24) is 10.6 Å². The lowest BCUT2D eigenvalue weighted by atomic mass is 9.68. The van der Waals surface area contributed by atoms with Crippen LogP contribution in [0.4, 0.5) is 4.39 Å². The van der Waals surface area contributed by atoms with E-state index in [0.717, 1.165) is 50.6 Å². The molecule has 1 aliphatic rings. The molecule has 0 radical (unpaired) electrons. The van der Waals surface area contributed by atoms with Gasteiger partial charge in [0.05, 0.1) is 5.41 Å². The lowest BCUT2D eigenvalue weighted by molar-refractivity contribution is -0.128. The fraction of sp³-hybridized carbons (Fsp3) is 0.588. The van der Waals surface area contributed by atoms with E-state index in [1.165, 1.54) is 12.1 Å². The molecule has 0 unspecified atom stereocenters. The summed E-state index contributed by atoms with van der Waals surface area (Å²) < 4.78 is 13.6. The Morgan fingerprint density at radius 3 is 2.59 bits per heavy atom. The van der Waals surface area contributed by atoms with E-state index in [1.807, 2.05) is 13.1 Å². The van der Waals surface area contributed by atoms with Crippen molar-refractivity contribution in [3.05, 3.63) is 35.6 Å². The number of hydrogen-bond acceptors (Lipinski definition) is 2. The van der Waals surface area contributed by atoms with Gasteiger partial charge in [0.2, 0.25) is 5.91 Å². The van der Waals surface area contributed by atoms with Gasteiger partial charge in [0.1, 0.15) is 5.82 Å². The smallest absolute Gasteiger partial charge is 0.230 e. The monoisotopic (exact) mass is 328 g/mol. The summed E-state index contributed by atoms with van der Waals surface area (Å²) in [7, 11) is 1.90. The number of carbonyl (C=O) groups is 1. The van der Waals surface area contributed by atoms with Gasteiger partial charge >= 0.3 is 0 Å². The van der Waals surface area contributed by atoms with Gasteiger partial charge in [-0.3, -0.25) is 4.79 Å². The molecule has 0 saturated heterocycles. The van der Waals surface area contributed by atoms with E-state index in [0.29, 0.717) is 6.54 Å². The molecule has 5 heteroatoms. The minimum absolute atomic E-state index is 0. The molecule has 2 N–H and O–H groups in total. The van der Waals surface area contributed by atoms with Crippen LogP contribution >= 0.6 is 12.4 Å². The third-order valence-electron chi connectivity index (χ3n) is 4.41. The molecule has 0 spiro atoms. The number of hydrogen-bond donors (Lipinski definition) is 2. The highest BCUT2D eigenvalue weighted by Gasteiger charge is 2.40. The molecule has 3 nitrogen and oxygen atoms in total. The SMILES string of the molecule is CNCCCNC(=O)C1(c2cccc(F)c2)CCCCC1.Cl. The van der Waals surface area contributed by atoms with Gasteiger partial charge in [0.25, 0.3) is 0 Å². The first-order valence-corrected chi connectivity index (χ1v) is 7.88. The molecule has 124 valence electrons. The molecule has 1 saturated carbocycles. The molecule has 1 fully saturated rings. The molecule has 0 heterocycles. The van der Waals surface area contributed by atoms with Gasteiger partial charge in [0, 0.05) is 6.54 Å². The zero-order chi connectivity index (χ0) is 15.1. The van der Waals surface area contributed by atoms with Gasteiger partial charge in [-0.2, -0.15) is 0 Å². The average molecular weight is 329 g/mol. The van der Waals surface area contributed by atoms with Crippen LogP contribution in [0.15, 0.2) is 24.3 Å². The summed E-state index contributed by atoms with van der Waals surface area (Å²) in [4.78, 5) is 12.7. The molecule has 1 amide bonds. The largest absolute Gasteiger partial charge is 0.355 e. The van der Waals surface area contributed by atoms with Crippen LogP contribution in [0.25, 0.3) is 0 Å². The molecule has 2 rings (SSSR count). The summed E-state index contributed by atoms with van der Waals surface area (Å²) in [5, 5.41) is 6.11. The first-order chi connectivity index (χ1) is 10.2. The standard InChI is InChI=1S/C17H25FN2O.ClH/c1-19-11-6-12-20-16(21)17(9-3-2-4-10-17)14-7-5-8-15(18)13-14;/h5,7-8,13,19H,2-4,6,9-12H2,1H3,(H,20,21);1H. The number of carbonyl (C=O) groups excluding carboxylic acids is 1. The summed E-state index contributed by atoms with van der Waals surface area (Å²) in [6.07, 6.45) is 5.75. The molecule has 0 aliphatic heterocycles. The summed E-state index contributed by atoms with van der Waals surface area (Å²) in [5.74, 6) is -0.204. The van der Waals surface area contributed by atoms with Crippen LogP contribution in [0, 0.1) is 5.82 Å². The normalized spacial score (nSPS) is 16.6. The molecule has 1 aliphatic carbocycles. The van der Waals surface area contributed by atoms with Crippen LogP contribution in [0.5, 0.6) is 0 Å².